The first-order valence-electron chi connectivity index (χ1n) is 7.53. The van der Waals surface area contributed by atoms with Gasteiger partial charge in [-0.15, -0.1) is 5.06 Å². The monoisotopic (exact) mass is 337 g/mol. The van der Waals surface area contributed by atoms with E-state index in [2.05, 4.69) is 4.74 Å². The van der Waals surface area contributed by atoms with Crippen molar-refractivity contribution in [2.75, 3.05) is 20.8 Å². The van der Waals surface area contributed by atoms with Crippen LogP contribution in [0.4, 0.5) is 0 Å². The van der Waals surface area contributed by atoms with E-state index in [9.17, 15) is 14.4 Å². The molecule has 7 heteroatoms. The van der Waals surface area contributed by atoms with Gasteiger partial charge in [-0.1, -0.05) is 18.2 Å². The highest BCUT2D eigenvalue weighted by molar-refractivity contribution is 5.89. The highest BCUT2D eigenvalue weighted by Crippen LogP contribution is 2.19. The lowest BCUT2D eigenvalue weighted by Crippen LogP contribution is -2.51. The molecule has 0 fully saturated rings. The van der Waals surface area contributed by atoms with Crippen LogP contribution in [0.3, 0.4) is 0 Å². The molecule has 0 bridgehead atoms. The largest absolute Gasteiger partial charge is 0.469 e. The fourth-order valence-corrected chi connectivity index (χ4v) is 1.99. The summed E-state index contributed by atoms with van der Waals surface area (Å²) in [6.45, 7) is 3.33. The lowest BCUT2D eigenvalue weighted by molar-refractivity contribution is -0.194. The van der Waals surface area contributed by atoms with Gasteiger partial charge >= 0.3 is 17.9 Å². The lowest BCUT2D eigenvalue weighted by Gasteiger charge is -2.33. The third-order valence-electron chi connectivity index (χ3n) is 3.48. The number of benzene rings is 1. The van der Waals surface area contributed by atoms with E-state index >= 15 is 0 Å². The molecule has 0 spiro atoms. The normalized spacial score (nSPS) is 11.0. The van der Waals surface area contributed by atoms with E-state index in [1.807, 2.05) is 0 Å². The van der Waals surface area contributed by atoms with Crippen molar-refractivity contribution in [2.45, 2.75) is 32.2 Å². The average molecular weight is 337 g/mol. The van der Waals surface area contributed by atoms with Crippen molar-refractivity contribution in [3.8, 4) is 0 Å². The smallest absolute Gasteiger partial charge is 0.357 e. The third-order valence-corrected chi connectivity index (χ3v) is 3.48. The van der Waals surface area contributed by atoms with E-state index in [-0.39, 0.29) is 18.9 Å². The highest BCUT2D eigenvalue weighted by Gasteiger charge is 2.38. The molecule has 1 aromatic carbocycles. The Labute approximate surface area is 141 Å². The zero-order chi connectivity index (χ0) is 18.2. The van der Waals surface area contributed by atoms with Crippen LogP contribution in [0.1, 0.15) is 37.0 Å². The maximum Gasteiger partial charge on any atom is 0.357 e. The van der Waals surface area contributed by atoms with E-state index < -0.39 is 17.5 Å². The summed E-state index contributed by atoms with van der Waals surface area (Å²) in [4.78, 5) is 40.9. The number of esters is 2. The predicted molar refractivity (Wildman–Crippen MR) is 85.9 cm³/mol. The van der Waals surface area contributed by atoms with Gasteiger partial charge in [0.05, 0.1) is 19.8 Å². The summed E-state index contributed by atoms with van der Waals surface area (Å²) in [6, 6.07) is 8.43. The standard InChI is InChI=1S/C17H23NO6/c1-17(2,16(21)23-4)18(12-8-11-14(19)22-3)24-15(20)13-9-6-5-7-10-13/h5-7,9-10H,8,11-12H2,1-4H3. The number of hydroxylamine groups is 2. The minimum atomic E-state index is -1.20. The first kappa shape index (κ1) is 19.6. The Balaban J connectivity index is 2.86. The van der Waals surface area contributed by atoms with Gasteiger partial charge in [0.15, 0.2) is 0 Å². The van der Waals surface area contributed by atoms with Crippen molar-refractivity contribution in [3.63, 3.8) is 0 Å². The molecular weight excluding hydrogens is 314 g/mol. The molecule has 0 amide bonds. The zero-order valence-electron chi connectivity index (χ0n) is 14.4. The summed E-state index contributed by atoms with van der Waals surface area (Å²) < 4.78 is 9.35. The summed E-state index contributed by atoms with van der Waals surface area (Å²) in [7, 11) is 2.56. The highest BCUT2D eigenvalue weighted by atomic mass is 16.7. The molecule has 0 heterocycles. The molecule has 132 valence electrons. The predicted octanol–water partition coefficient (Wildman–Crippen LogP) is 1.97. The Morgan fingerprint density at radius 3 is 2.21 bits per heavy atom. The average Bonchev–Trinajstić information content (AvgIpc) is 2.60. The van der Waals surface area contributed by atoms with Gasteiger partial charge < -0.3 is 14.3 Å². The summed E-state index contributed by atoms with van der Waals surface area (Å²) in [6.07, 6.45) is 0.502. The Kier molecular flexibility index (Phi) is 7.38. The molecule has 0 aromatic heterocycles. The molecule has 0 atom stereocenters. The molecular formula is C17H23NO6. The van der Waals surface area contributed by atoms with Crippen LogP contribution in [0.25, 0.3) is 0 Å². The van der Waals surface area contributed by atoms with E-state index in [0.29, 0.717) is 12.0 Å². The topological polar surface area (TPSA) is 82.1 Å². The van der Waals surface area contributed by atoms with E-state index in [4.69, 9.17) is 9.57 Å². The van der Waals surface area contributed by atoms with Gasteiger partial charge in [-0.25, -0.2) is 9.59 Å². The molecule has 1 aromatic rings. The van der Waals surface area contributed by atoms with Gasteiger partial charge in [-0.2, -0.15) is 0 Å². The van der Waals surface area contributed by atoms with Crippen LogP contribution in [-0.4, -0.2) is 49.3 Å². The van der Waals surface area contributed by atoms with Crippen molar-refractivity contribution in [1.29, 1.82) is 0 Å². The van der Waals surface area contributed by atoms with Crippen LogP contribution >= 0.6 is 0 Å². The SMILES string of the molecule is COC(=O)CCCN(OC(=O)c1ccccc1)C(C)(C)C(=O)OC. The van der Waals surface area contributed by atoms with Crippen LogP contribution in [0.2, 0.25) is 0 Å². The zero-order valence-corrected chi connectivity index (χ0v) is 14.4. The van der Waals surface area contributed by atoms with Crippen molar-refractivity contribution in [2.24, 2.45) is 0 Å². The fraction of sp³-hybridized carbons (Fsp3) is 0.471. The Hall–Kier alpha value is -2.41. The maximum atomic E-state index is 12.3. The first-order chi connectivity index (χ1) is 11.3. The molecule has 0 aliphatic carbocycles. The van der Waals surface area contributed by atoms with Crippen LogP contribution in [0.15, 0.2) is 30.3 Å². The quantitative estimate of drug-likeness (QED) is 0.530. The van der Waals surface area contributed by atoms with Gasteiger partial charge in [0.25, 0.3) is 0 Å². The number of hydrogen-bond donors (Lipinski definition) is 0. The molecule has 7 nitrogen and oxygen atoms in total. The number of carbonyl (C=O) groups excluding carboxylic acids is 3. The van der Waals surface area contributed by atoms with E-state index in [1.54, 1.807) is 44.2 Å². The summed E-state index contributed by atoms with van der Waals surface area (Å²) in [5.41, 5.74) is -0.842. The van der Waals surface area contributed by atoms with Crippen molar-refractivity contribution < 1.29 is 28.7 Å². The number of carbonyl (C=O) groups is 3. The Bertz CT molecular complexity index is 570. The summed E-state index contributed by atoms with van der Waals surface area (Å²) in [5, 5.41) is 1.23. The lowest BCUT2D eigenvalue weighted by atomic mass is 10.1. The maximum absolute atomic E-state index is 12.3. The minimum absolute atomic E-state index is 0.146. The molecule has 0 aliphatic heterocycles. The minimum Gasteiger partial charge on any atom is -0.469 e. The summed E-state index contributed by atoms with van der Waals surface area (Å²) >= 11 is 0. The molecule has 0 unspecified atom stereocenters. The van der Waals surface area contributed by atoms with Crippen molar-refractivity contribution >= 4 is 17.9 Å². The fourth-order valence-electron chi connectivity index (χ4n) is 1.99. The van der Waals surface area contributed by atoms with Crippen molar-refractivity contribution in [1.82, 2.24) is 5.06 Å². The van der Waals surface area contributed by atoms with Gasteiger partial charge in [-0.05, 0) is 32.4 Å². The number of ether oxygens (including phenoxy) is 2. The van der Waals surface area contributed by atoms with Gasteiger partial charge in [0, 0.05) is 13.0 Å². The number of methoxy groups -OCH3 is 2. The second-order valence-corrected chi connectivity index (χ2v) is 5.58. The van der Waals surface area contributed by atoms with Crippen LogP contribution < -0.4 is 0 Å². The molecule has 0 saturated heterocycles. The van der Waals surface area contributed by atoms with E-state index in [1.165, 1.54) is 19.3 Å². The van der Waals surface area contributed by atoms with Gasteiger partial charge in [0.1, 0.15) is 5.54 Å². The molecule has 0 N–H and O–H groups in total. The van der Waals surface area contributed by atoms with Gasteiger partial charge in [-0.3, -0.25) is 4.79 Å². The molecule has 0 saturated carbocycles. The first-order valence-corrected chi connectivity index (χ1v) is 7.53. The van der Waals surface area contributed by atoms with Crippen molar-refractivity contribution in [3.05, 3.63) is 35.9 Å². The molecule has 24 heavy (non-hydrogen) atoms. The molecule has 1 rings (SSSR count). The van der Waals surface area contributed by atoms with Crippen LogP contribution in [0.5, 0.6) is 0 Å². The number of rotatable bonds is 8. The molecule has 0 aliphatic rings. The number of nitrogens with zero attached hydrogens (tertiary/aromatic N) is 1. The second-order valence-electron chi connectivity index (χ2n) is 5.58. The Morgan fingerprint density at radius 1 is 1.04 bits per heavy atom. The Morgan fingerprint density at radius 2 is 1.67 bits per heavy atom. The van der Waals surface area contributed by atoms with Crippen LogP contribution in [0, 0.1) is 0 Å². The second kappa shape index (κ2) is 9.02. The van der Waals surface area contributed by atoms with Gasteiger partial charge in [0.2, 0.25) is 0 Å². The van der Waals surface area contributed by atoms with Crippen LogP contribution in [-0.2, 0) is 23.9 Å². The summed E-state index contributed by atoms with van der Waals surface area (Å²) in [5.74, 6) is -1.52. The third kappa shape index (κ3) is 5.34. The number of hydrogen-bond acceptors (Lipinski definition) is 7. The van der Waals surface area contributed by atoms with E-state index in [0.717, 1.165) is 0 Å². The molecule has 0 radical (unpaired) electrons.